The second-order valence-corrected chi connectivity index (χ2v) is 3.75. The average molecular weight is 210 g/mol. The van der Waals surface area contributed by atoms with Crippen LogP contribution in [-0.2, 0) is 14.3 Å². The molecule has 0 radical (unpaired) electrons. The van der Waals surface area contributed by atoms with Gasteiger partial charge in [-0.2, -0.15) is 0 Å². The Balaban J connectivity index is 1.93. The highest BCUT2D eigenvalue weighted by molar-refractivity contribution is 5.83. The summed E-state index contributed by atoms with van der Waals surface area (Å²) >= 11 is 0. The first-order chi connectivity index (χ1) is 7.25. The van der Waals surface area contributed by atoms with Crippen LogP contribution in [0, 0.1) is 6.92 Å². The van der Waals surface area contributed by atoms with E-state index in [9.17, 15) is 4.79 Å². The van der Waals surface area contributed by atoms with Gasteiger partial charge in [-0.05, 0) is 17.4 Å². The molecule has 3 heterocycles. The lowest BCUT2D eigenvalue weighted by Gasteiger charge is -2.26. The molecule has 80 valence electrons. The largest absolute Gasteiger partial charge is 0.343 e. The summed E-state index contributed by atoms with van der Waals surface area (Å²) in [5, 5.41) is 11.2. The maximum Gasteiger partial charge on any atom is 0.218 e. The maximum absolute atomic E-state index is 11.5. The summed E-state index contributed by atoms with van der Waals surface area (Å²) in [6.07, 6.45) is -0.403. The van der Waals surface area contributed by atoms with Crippen LogP contribution in [0.25, 0.3) is 0 Å². The summed E-state index contributed by atoms with van der Waals surface area (Å²) in [6.45, 7) is 2.23. The Morgan fingerprint density at radius 3 is 3.13 bits per heavy atom. The van der Waals surface area contributed by atoms with Crippen LogP contribution in [0.4, 0.5) is 0 Å². The predicted octanol–water partition coefficient (Wildman–Crippen LogP) is -0.763. The van der Waals surface area contributed by atoms with E-state index in [2.05, 4.69) is 15.5 Å². The number of Topliss-reactive ketones (excluding diaryl/α,β-unsaturated/α-hetero) is 1. The standard InChI is InChI=1S/C8H10N4O3/c1-4-9-10-11-12(4)5-2-6(13)8-14-3-7(5)15-8/h5,7-8H,2-3H2,1H3/t5-,7-,8+/m1/s1. The highest BCUT2D eigenvalue weighted by atomic mass is 16.7. The monoisotopic (exact) mass is 210 g/mol. The summed E-state index contributed by atoms with van der Waals surface area (Å²) in [5.74, 6) is 0.644. The number of fused-ring (bicyclic) bond motifs is 2. The molecule has 2 aliphatic rings. The third kappa shape index (κ3) is 1.27. The Morgan fingerprint density at radius 1 is 1.53 bits per heavy atom. The van der Waals surface area contributed by atoms with E-state index in [1.54, 1.807) is 11.6 Å². The van der Waals surface area contributed by atoms with E-state index < -0.39 is 6.29 Å². The molecule has 2 fully saturated rings. The van der Waals surface area contributed by atoms with E-state index in [1.807, 2.05) is 0 Å². The highest BCUT2D eigenvalue weighted by Crippen LogP contribution is 2.32. The predicted molar refractivity (Wildman–Crippen MR) is 45.8 cm³/mol. The molecule has 0 N–H and O–H groups in total. The second-order valence-electron chi connectivity index (χ2n) is 3.75. The number of tetrazole rings is 1. The smallest absolute Gasteiger partial charge is 0.218 e. The molecule has 2 saturated heterocycles. The lowest BCUT2D eigenvalue weighted by Crippen LogP contribution is -2.37. The fourth-order valence-corrected chi connectivity index (χ4v) is 2.01. The highest BCUT2D eigenvalue weighted by Gasteiger charge is 2.44. The Morgan fingerprint density at radius 2 is 2.40 bits per heavy atom. The Hall–Kier alpha value is -1.34. The number of carbonyl (C=O) groups excluding carboxylic acids is 1. The fourth-order valence-electron chi connectivity index (χ4n) is 2.01. The van der Waals surface area contributed by atoms with Gasteiger partial charge in [0.1, 0.15) is 11.9 Å². The first kappa shape index (κ1) is 8.93. The Bertz CT molecular complexity index is 404. The lowest BCUT2D eigenvalue weighted by atomic mass is 10.0. The number of hydrogen-bond donors (Lipinski definition) is 0. The van der Waals surface area contributed by atoms with Crippen molar-refractivity contribution < 1.29 is 14.3 Å². The number of aryl methyl sites for hydroxylation is 1. The molecule has 1 aromatic heterocycles. The molecule has 2 bridgehead atoms. The van der Waals surface area contributed by atoms with Gasteiger partial charge in [0.15, 0.2) is 5.78 Å². The Labute approximate surface area is 85.3 Å². The van der Waals surface area contributed by atoms with Gasteiger partial charge in [0.05, 0.1) is 12.6 Å². The first-order valence-electron chi connectivity index (χ1n) is 4.80. The SMILES string of the molecule is Cc1nnnn1[C@@H]1CC(=O)[C@H]2OC[C@H]1O2. The van der Waals surface area contributed by atoms with Crippen molar-refractivity contribution in [2.75, 3.05) is 6.61 Å². The van der Waals surface area contributed by atoms with Crippen molar-refractivity contribution in [2.45, 2.75) is 31.8 Å². The minimum absolute atomic E-state index is 0.0383. The quantitative estimate of drug-likeness (QED) is 0.606. The van der Waals surface area contributed by atoms with E-state index >= 15 is 0 Å². The second kappa shape index (κ2) is 3.07. The molecule has 3 rings (SSSR count). The van der Waals surface area contributed by atoms with E-state index in [0.29, 0.717) is 18.9 Å². The molecule has 7 heteroatoms. The van der Waals surface area contributed by atoms with Crippen molar-refractivity contribution in [3.63, 3.8) is 0 Å². The number of rotatable bonds is 1. The zero-order chi connectivity index (χ0) is 10.4. The number of aromatic nitrogens is 4. The van der Waals surface area contributed by atoms with Gasteiger partial charge in [0, 0.05) is 6.42 Å². The third-order valence-corrected chi connectivity index (χ3v) is 2.78. The number of ketones is 1. The molecule has 2 aliphatic heterocycles. The lowest BCUT2D eigenvalue weighted by molar-refractivity contribution is -0.156. The average Bonchev–Trinajstić information content (AvgIpc) is 2.80. The van der Waals surface area contributed by atoms with Crippen molar-refractivity contribution in [1.82, 2.24) is 20.2 Å². The Kier molecular flexibility index (Phi) is 1.83. The number of carbonyl (C=O) groups is 1. The molecule has 3 atom stereocenters. The van der Waals surface area contributed by atoms with Crippen molar-refractivity contribution >= 4 is 5.78 Å². The maximum atomic E-state index is 11.5. The van der Waals surface area contributed by atoms with Crippen LogP contribution in [0.15, 0.2) is 0 Å². The minimum atomic E-state index is -0.664. The van der Waals surface area contributed by atoms with E-state index in [4.69, 9.17) is 9.47 Å². The van der Waals surface area contributed by atoms with Crippen molar-refractivity contribution in [3.8, 4) is 0 Å². The van der Waals surface area contributed by atoms with Gasteiger partial charge in [-0.1, -0.05) is 0 Å². The number of nitrogens with zero attached hydrogens (tertiary/aromatic N) is 4. The van der Waals surface area contributed by atoms with Gasteiger partial charge in [0.2, 0.25) is 6.29 Å². The zero-order valence-corrected chi connectivity index (χ0v) is 8.16. The van der Waals surface area contributed by atoms with Crippen LogP contribution in [0.3, 0.4) is 0 Å². The molecule has 0 amide bonds. The topological polar surface area (TPSA) is 79.1 Å². The van der Waals surface area contributed by atoms with Crippen LogP contribution >= 0.6 is 0 Å². The first-order valence-corrected chi connectivity index (χ1v) is 4.80. The van der Waals surface area contributed by atoms with E-state index in [1.165, 1.54) is 0 Å². The zero-order valence-electron chi connectivity index (χ0n) is 8.16. The van der Waals surface area contributed by atoms with Crippen LogP contribution in [-0.4, -0.2) is 45.0 Å². The molecule has 7 nitrogen and oxygen atoms in total. The summed E-state index contributed by atoms with van der Waals surface area (Å²) < 4.78 is 12.2. The molecule has 0 aromatic carbocycles. The summed E-state index contributed by atoms with van der Waals surface area (Å²) in [4.78, 5) is 11.5. The van der Waals surface area contributed by atoms with Crippen molar-refractivity contribution in [1.29, 1.82) is 0 Å². The molecular formula is C8H10N4O3. The minimum Gasteiger partial charge on any atom is -0.343 e. The molecule has 0 saturated carbocycles. The molecule has 15 heavy (non-hydrogen) atoms. The molecular weight excluding hydrogens is 200 g/mol. The van der Waals surface area contributed by atoms with Gasteiger partial charge < -0.3 is 9.47 Å². The molecule has 0 spiro atoms. The van der Waals surface area contributed by atoms with Gasteiger partial charge in [-0.25, -0.2) is 4.68 Å². The number of hydrogen-bond acceptors (Lipinski definition) is 6. The van der Waals surface area contributed by atoms with Crippen molar-refractivity contribution in [3.05, 3.63) is 5.82 Å². The molecule has 0 unspecified atom stereocenters. The van der Waals surface area contributed by atoms with Gasteiger partial charge in [0.25, 0.3) is 0 Å². The van der Waals surface area contributed by atoms with E-state index in [-0.39, 0.29) is 17.9 Å². The van der Waals surface area contributed by atoms with E-state index in [0.717, 1.165) is 0 Å². The third-order valence-electron chi connectivity index (χ3n) is 2.78. The fraction of sp³-hybridized carbons (Fsp3) is 0.750. The van der Waals surface area contributed by atoms with Crippen LogP contribution in [0.1, 0.15) is 18.3 Å². The van der Waals surface area contributed by atoms with Crippen LogP contribution in [0.5, 0.6) is 0 Å². The summed E-state index contributed by atoms with van der Waals surface area (Å²) in [7, 11) is 0. The molecule has 1 aromatic rings. The van der Waals surface area contributed by atoms with Gasteiger partial charge in [-0.15, -0.1) is 5.10 Å². The molecule has 0 aliphatic carbocycles. The van der Waals surface area contributed by atoms with Crippen LogP contribution in [0.2, 0.25) is 0 Å². The van der Waals surface area contributed by atoms with Gasteiger partial charge in [-0.3, -0.25) is 4.79 Å². The summed E-state index contributed by atoms with van der Waals surface area (Å²) in [6, 6.07) is -0.133. The normalized spacial score (nSPS) is 34.7. The van der Waals surface area contributed by atoms with Crippen molar-refractivity contribution in [2.24, 2.45) is 0 Å². The summed E-state index contributed by atoms with van der Waals surface area (Å²) in [5.41, 5.74) is 0. The van der Waals surface area contributed by atoms with Crippen LogP contribution < -0.4 is 0 Å². The van der Waals surface area contributed by atoms with Gasteiger partial charge >= 0.3 is 0 Å². The number of ether oxygens (including phenoxy) is 2.